The molecule has 1 aliphatic carbocycles. The maximum atomic E-state index is 12.9. The van der Waals surface area contributed by atoms with E-state index in [0.29, 0.717) is 5.69 Å². The third kappa shape index (κ3) is 3.31. The minimum atomic E-state index is -0.513. The Bertz CT molecular complexity index is 993. The van der Waals surface area contributed by atoms with Crippen LogP contribution in [0.15, 0.2) is 54.6 Å². The predicted molar refractivity (Wildman–Crippen MR) is 99.1 cm³/mol. The lowest BCUT2D eigenvalue weighted by molar-refractivity contribution is 0.0602. The summed E-state index contributed by atoms with van der Waals surface area (Å²) < 4.78 is 6.50. The summed E-state index contributed by atoms with van der Waals surface area (Å²) in [5.41, 5.74) is 2.61. The summed E-state index contributed by atoms with van der Waals surface area (Å²) in [7, 11) is 1.30. The second-order valence-electron chi connectivity index (χ2n) is 6.34. The molecule has 7 nitrogen and oxygen atoms in total. The standard InChI is InChI=1S/C20H18N4O3/c1-27-20(26)15-9-5-6-10-16(15)21-19(25)17-18(13-11-12-13)24(23-22-17)14-7-3-2-4-8-14/h2-10,13H,11-12H2,1H3,(H,21,25). The highest BCUT2D eigenvalue weighted by atomic mass is 16.5. The van der Waals surface area contributed by atoms with E-state index in [1.807, 2.05) is 30.3 Å². The molecule has 0 unspecified atom stereocenters. The number of benzene rings is 2. The van der Waals surface area contributed by atoms with Crippen molar-refractivity contribution in [1.29, 1.82) is 0 Å². The van der Waals surface area contributed by atoms with Crippen molar-refractivity contribution in [1.82, 2.24) is 15.0 Å². The summed E-state index contributed by atoms with van der Waals surface area (Å²) in [6.07, 6.45) is 2.00. The van der Waals surface area contributed by atoms with Crippen molar-refractivity contribution in [3.63, 3.8) is 0 Å². The first kappa shape index (κ1) is 17.0. The van der Waals surface area contributed by atoms with Crippen molar-refractivity contribution >= 4 is 17.6 Å². The summed E-state index contributed by atoms with van der Waals surface area (Å²) in [6.45, 7) is 0. The molecule has 0 aliphatic heterocycles. The maximum Gasteiger partial charge on any atom is 0.339 e. The number of carbonyl (C=O) groups excluding carboxylic acids is 2. The van der Waals surface area contributed by atoms with Crippen molar-refractivity contribution in [2.45, 2.75) is 18.8 Å². The van der Waals surface area contributed by atoms with E-state index in [-0.39, 0.29) is 17.2 Å². The lowest BCUT2D eigenvalue weighted by Gasteiger charge is -2.10. The number of aromatic nitrogens is 3. The second kappa shape index (κ2) is 7.03. The van der Waals surface area contributed by atoms with Gasteiger partial charge in [0.1, 0.15) is 0 Å². The first-order chi connectivity index (χ1) is 13.2. The van der Waals surface area contributed by atoms with Crippen LogP contribution in [0.2, 0.25) is 0 Å². The fourth-order valence-corrected chi connectivity index (χ4v) is 3.00. The van der Waals surface area contributed by atoms with Gasteiger partial charge < -0.3 is 10.1 Å². The molecule has 1 amide bonds. The molecule has 3 aromatic rings. The van der Waals surface area contributed by atoms with Crippen molar-refractivity contribution < 1.29 is 14.3 Å². The third-order valence-corrected chi connectivity index (χ3v) is 4.47. The molecule has 1 fully saturated rings. The number of esters is 1. The van der Waals surface area contributed by atoms with Crippen molar-refractivity contribution in [3.05, 3.63) is 71.5 Å². The van der Waals surface area contributed by atoms with E-state index in [2.05, 4.69) is 15.6 Å². The molecule has 1 aromatic heterocycles. The Balaban J connectivity index is 1.68. The molecule has 0 spiro atoms. The number of carbonyl (C=O) groups is 2. The number of nitrogens with one attached hydrogen (secondary N) is 1. The van der Waals surface area contributed by atoms with Gasteiger partial charge >= 0.3 is 5.97 Å². The van der Waals surface area contributed by atoms with Crippen molar-refractivity contribution in [2.75, 3.05) is 12.4 Å². The molecule has 0 saturated heterocycles. The van der Waals surface area contributed by atoms with Crippen LogP contribution in [-0.4, -0.2) is 34.0 Å². The monoisotopic (exact) mass is 362 g/mol. The maximum absolute atomic E-state index is 12.9. The van der Waals surface area contributed by atoms with Gasteiger partial charge in [0.2, 0.25) is 0 Å². The number of hydrogen-bond donors (Lipinski definition) is 1. The SMILES string of the molecule is COC(=O)c1ccccc1NC(=O)c1nnn(-c2ccccc2)c1C1CC1. The Morgan fingerprint density at radius 3 is 2.48 bits per heavy atom. The van der Waals surface area contributed by atoms with E-state index < -0.39 is 11.9 Å². The fourth-order valence-electron chi connectivity index (χ4n) is 3.00. The number of anilines is 1. The van der Waals surface area contributed by atoms with E-state index in [1.54, 1.807) is 28.9 Å². The van der Waals surface area contributed by atoms with Gasteiger partial charge in [-0.3, -0.25) is 4.79 Å². The Kier molecular flexibility index (Phi) is 4.42. The second-order valence-corrected chi connectivity index (χ2v) is 6.34. The topological polar surface area (TPSA) is 86.1 Å². The van der Waals surface area contributed by atoms with Gasteiger partial charge in [-0.1, -0.05) is 35.5 Å². The number of nitrogens with zero attached hydrogens (tertiary/aromatic N) is 3. The molecule has 0 bridgehead atoms. The normalized spacial score (nSPS) is 13.2. The van der Waals surface area contributed by atoms with E-state index in [1.165, 1.54) is 7.11 Å². The molecule has 27 heavy (non-hydrogen) atoms. The Hall–Kier alpha value is -3.48. The van der Waals surface area contributed by atoms with Crippen LogP contribution in [0.4, 0.5) is 5.69 Å². The van der Waals surface area contributed by atoms with Gasteiger partial charge in [-0.2, -0.15) is 0 Å². The first-order valence-corrected chi connectivity index (χ1v) is 8.68. The third-order valence-electron chi connectivity index (χ3n) is 4.47. The Morgan fingerprint density at radius 2 is 1.78 bits per heavy atom. The quantitative estimate of drug-likeness (QED) is 0.705. The van der Waals surface area contributed by atoms with Crippen molar-refractivity contribution in [2.24, 2.45) is 0 Å². The molecule has 0 radical (unpaired) electrons. The molecule has 7 heteroatoms. The van der Waals surface area contributed by atoms with Gasteiger partial charge in [0, 0.05) is 5.92 Å². The number of rotatable bonds is 5. The summed E-state index contributed by atoms with van der Waals surface area (Å²) in [5, 5.41) is 11.1. The summed E-state index contributed by atoms with van der Waals surface area (Å²) in [6, 6.07) is 16.3. The molecule has 1 aliphatic rings. The van der Waals surface area contributed by atoms with Crippen LogP contribution in [-0.2, 0) is 4.74 Å². The summed E-state index contributed by atoms with van der Waals surface area (Å²) >= 11 is 0. The highest BCUT2D eigenvalue weighted by Gasteiger charge is 2.34. The zero-order chi connectivity index (χ0) is 18.8. The van der Waals surface area contributed by atoms with Gasteiger partial charge in [0.15, 0.2) is 5.69 Å². The van der Waals surface area contributed by atoms with Crippen LogP contribution in [0, 0.1) is 0 Å². The van der Waals surface area contributed by atoms with Gasteiger partial charge in [-0.05, 0) is 37.1 Å². The van der Waals surface area contributed by atoms with Crippen LogP contribution < -0.4 is 5.32 Å². The largest absolute Gasteiger partial charge is 0.465 e. The highest BCUT2D eigenvalue weighted by molar-refractivity contribution is 6.07. The van der Waals surface area contributed by atoms with E-state index in [4.69, 9.17) is 4.74 Å². The fraction of sp³-hybridized carbons (Fsp3) is 0.200. The van der Waals surface area contributed by atoms with E-state index in [0.717, 1.165) is 24.2 Å². The van der Waals surface area contributed by atoms with E-state index in [9.17, 15) is 9.59 Å². The van der Waals surface area contributed by atoms with Crippen LogP contribution in [0.3, 0.4) is 0 Å². The zero-order valence-electron chi connectivity index (χ0n) is 14.8. The Labute approximate surface area is 156 Å². The smallest absolute Gasteiger partial charge is 0.339 e. The van der Waals surface area contributed by atoms with Crippen LogP contribution in [0.5, 0.6) is 0 Å². The number of ether oxygens (including phenoxy) is 1. The molecule has 1 N–H and O–H groups in total. The Morgan fingerprint density at radius 1 is 1.07 bits per heavy atom. The van der Waals surface area contributed by atoms with Gasteiger partial charge in [0.05, 0.1) is 29.7 Å². The number of para-hydroxylation sites is 2. The minimum Gasteiger partial charge on any atom is -0.465 e. The summed E-state index contributed by atoms with van der Waals surface area (Å²) in [5.74, 6) is -0.645. The zero-order valence-corrected chi connectivity index (χ0v) is 14.8. The van der Waals surface area contributed by atoms with Crippen LogP contribution in [0.1, 0.15) is 45.3 Å². The van der Waals surface area contributed by atoms with Gasteiger partial charge in [-0.15, -0.1) is 5.10 Å². The number of methoxy groups -OCH3 is 1. The molecule has 1 heterocycles. The molecule has 1 saturated carbocycles. The average Bonchev–Trinajstić information content (AvgIpc) is 3.46. The van der Waals surface area contributed by atoms with E-state index >= 15 is 0 Å². The number of hydrogen-bond acceptors (Lipinski definition) is 5. The lowest BCUT2D eigenvalue weighted by Crippen LogP contribution is -2.17. The van der Waals surface area contributed by atoms with Crippen LogP contribution >= 0.6 is 0 Å². The minimum absolute atomic E-state index is 0.261. The molecule has 2 aromatic carbocycles. The van der Waals surface area contributed by atoms with Gasteiger partial charge in [-0.25, -0.2) is 9.48 Å². The summed E-state index contributed by atoms with van der Waals surface area (Å²) in [4.78, 5) is 24.8. The molecular formula is C20H18N4O3. The first-order valence-electron chi connectivity index (χ1n) is 8.68. The predicted octanol–water partition coefficient (Wildman–Crippen LogP) is 3.18. The average molecular weight is 362 g/mol. The molecule has 4 rings (SSSR count). The van der Waals surface area contributed by atoms with Gasteiger partial charge in [0.25, 0.3) is 5.91 Å². The van der Waals surface area contributed by atoms with Crippen LogP contribution in [0.25, 0.3) is 5.69 Å². The molecule has 0 atom stereocenters. The molecule has 136 valence electrons. The van der Waals surface area contributed by atoms with Crippen molar-refractivity contribution in [3.8, 4) is 5.69 Å². The molecular weight excluding hydrogens is 344 g/mol. The lowest BCUT2D eigenvalue weighted by atomic mass is 10.1. The number of amides is 1. The highest BCUT2D eigenvalue weighted by Crippen LogP contribution is 2.42.